The fraction of sp³-hybridized carbons (Fsp3) is 0.160. The van der Waals surface area contributed by atoms with Gasteiger partial charge in [0.15, 0.2) is 5.82 Å². The molecule has 2 aromatic carbocycles. The van der Waals surface area contributed by atoms with Crippen LogP contribution in [-0.4, -0.2) is 46.6 Å². The van der Waals surface area contributed by atoms with Crippen molar-refractivity contribution < 1.29 is 18.8 Å². The van der Waals surface area contributed by atoms with Crippen molar-refractivity contribution in [1.82, 2.24) is 39.6 Å². The highest BCUT2D eigenvalue weighted by Gasteiger charge is 2.36. The first kappa shape index (κ1) is 25.6. The minimum Gasteiger partial charge on any atom is -0.344 e. The Balaban J connectivity index is 1.42. The van der Waals surface area contributed by atoms with Crippen LogP contribution in [0.5, 0.6) is 0 Å². The fourth-order valence-electron chi connectivity index (χ4n) is 4.50. The van der Waals surface area contributed by atoms with Crippen molar-refractivity contribution in [3.63, 3.8) is 0 Å². The van der Waals surface area contributed by atoms with E-state index in [1.807, 2.05) is 12.1 Å². The topological polar surface area (TPSA) is 149 Å². The van der Waals surface area contributed by atoms with Gasteiger partial charge in [0.1, 0.15) is 23.7 Å². The van der Waals surface area contributed by atoms with Crippen LogP contribution in [0.4, 0.5) is 10.2 Å². The van der Waals surface area contributed by atoms with E-state index in [0.717, 1.165) is 4.70 Å². The van der Waals surface area contributed by atoms with Crippen LogP contribution in [0.3, 0.4) is 0 Å². The van der Waals surface area contributed by atoms with Crippen LogP contribution in [0.15, 0.2) is 48.7 Å². The normalized spacial score (nSPS) is 14.6. The molecular formula is C25H19ClFN9O3S. The van der Waals surface area contributed by atoms with Gasteiger partial charge in [0.2, 0.25) is 11.7 Å². The number of rotatable bonds is 6. The molecule has 3 N–H and O–H groups in total. The van der Waals surface area contributed by atoms with Crippen molar-refractivity contribution in [2.45, 2.75) is 19.1 Å². The van der Waals surface area contributed by atoms with Gasteiger partial charge in [-0.2, -0.15) is 19.4 Å². The zero-order valence-electron chi connectivity index (χ0n) is 20.7. The Bertz CT molecular complexity index is 1810. The van der Waals surface area contributed by atoms with E-state index in [1.54, 1.807) is 19.2 Å². The highest BCUT2D eigenvalue weighted by molar-refractivity contribution is 7.13. The molecule has 0 radical (unpaired) electrons. The summed E-state index contributed by atoms with van der Waals surface area (Å²) in [5.74, 6) is -2.36. The molecule has 0 bridgehead atoms. The average Bonchev–Trinajstić information content (AvgIpc) is 3.65. The lowest BCUT2D eigenvalue weighted by molar-refractivity contribution is -0.123. The van der Waals surface area contributed by atoms with Gasteiger partial charge in [-0.3, -0.25) is 14.4 Å². The summed E-state index contributed by atoms with van der Waals surface area (Å²) in [6.07, 6.45) is 1.50. The molecule has 0 aliphatic carbocycles. The van der Waals surface area contributed by atoms with E-state index < -0.39 is 29.6 Å². The Hall–Kier alpha value is -4.69. The van der Waals surface area contributed by atoms with Gasteiger partial charge in [0, 0.05) is 23.0 Å². The fourth-order valence-corrected chi connectivity index (χ4v) is 5.50. The van der Waals surface area contributed by atoms with Crippen molar-refractivity contribution in [2.75, 3.05) is 5.32 Å². The van der Waals surface area contributed by atoms with Crippen molar-refractivity contribution in [2.24, 2.45) is 7.05 Å². The molecule has 12 nitrogen and oxygen atoms in total. The predicted molar refractivity (Wildman–Crippen MR) is 143 cm³/mol. The standard InChI is InChI=1S/C25H19ClFN9O3S/c1-35-29-10-13(33-35)9-28-25(39)23-31-22(32-24(38)20-14-4-2-3-5-17(14)40-34-20)21-19(30-18(37)11-36(21)23)15-8-12(27)6-7-16(15)26/h2-8,10,19H,9,11H2,1H3,(H,28,39)(H,30,37)(H,32,38)/t19-/m0/s1. The van der Waals surface area contributed by atoms with E-state index in [-0.39, 0.29) is 46.7 Å². The van der Waals surface area contributed by atoms with Crippen LogP contribution in [0.1, 0.15) is 44.1 Å². The lowest BCUT2D eigenvalue weighted by Gasteiger charge is -2.28. The van der Waals surface area contributed by atoms with Gasteiger partial charge in [-0.15, -0.1) is 0 Å². The Kier molecular flexibility index (Phi) is 6.48. The van der Waals surface area contributed by atoms with Crippen LogP contribution in [0.25, 0.3) is 10.1 Å². The van der Waals surface area contributed by atoms with Gasteiger partial charge >= 0.3 is 0 Å². The molecule has 1 aliphatic rings. The number of benzene rings is 2. The largest absolute Gasteiger partial charge is 0.344 e. The summed E-state index contributed by atoms with van der Waals surface area (Å²) < 4.78 is 20.8. The molecule has 40 heavy (non-hydrogen) atoms. The molecular weight excluding hydrogens is 561 g/mol. The summed E-state index contributed by atoms with van der Waals surface area (Å²) in [5.41, 5.74) is 1.17. The second-order valence-electron chi connectivity index (χ2n) is 8.91. The number of carbonyl (C=O) groups is 3. The first-order valence-corrected chi connectivity index (χ1v) is 13.1. The zero-order chi connectivity index (χ0) is 28.0. The van der Waals surface area contributed by atoms with Crippen LogP contribution >= 0.6 is 23.1 Å². The highest BCUT2D eigenvalue weighted by atomic mass is 35.5. The van der Waals surface area contributed by atoms with Crippen LogP contribution in [0, 0.1) is 5.82 Å². The Morgan fingerprint density at radius 1 is 1.23 bits per heavy atom. The number of imidazole rings is 1. The Morgan fingerprint density at radius 3 is 2.85 bits per heavy atom. The molecule has 1 aliphatic heterocycles. The lowest BCUT2D eigenvalue weighted by atomic mass is 10.0. The molecule has 0 unspecified atom stereocenters. The van der Waals surface area contributed by atoms with E-state index in [4.69, 9.17) is 11.6 Å². The maximum Gasteiger partial charge on any atom is 0.287 e. The van der Waals surface area contributed by atoms with E-state index in [1.165, 1.54) is 45.3 Å². The third-order valence-corrected chi connectivity index (χ3v) is 7.43. The molecule has 6 rings (SSSR count). The van der Waals surface area contributed by atoms with Crippen molar-refractivity contribution in [1.29, 1.82) is 0 Å². The molecule has 15 heteroatoms. The highest BCUT2D eigenvalue weighted by Crippen LogP contribution is 2.36. The number of anilines is 1. The minimum absolute atomic E-state index is 0.00272. The summed E-state index contributed by atoms with van der Waals surface area (Å²) in [7, 11) is 1.65. The Labute approximate surface area is 234 Å². The molecule has 3 aromatic heterocycles. The van der Waals surface area contributed by atoms with Gasteiger partial charge in [-0.1, -0.05) is 29.8 Å². The zero-order valence-corrected chi connectivity index (χ0v) is 22.3. The molecule has 0 saturated heterocycles. The molecule has 0 spiro atoms. The number of nitrogens with one attached hydrogen (secondary N) is 3. The number of aromatic nitrogens is 6. The minimum atomic E-state index is -1.01. The van der Waals surface area contributed by atoms with Crippen LogP contribution in [-0.2, 0) is 24.9 Å². The van der Waals surface area contributed by atoms with Gasteiger partial charge in [-0.25, -0.2) is 9.37 Å². The Morgan fingerprint density at radius 2 is 2.05 bits per heavy atom. The number of hydrogen-bond donors (Lipinski definition) is 3. The summed E-state index contributed by atoms with van der Waals surface area (Å²) >= 11 is 7.57. The quantitative estimate of drug-likeness (QED) is 0.280. The third kappa shape index (κ3) is 4.67. The number of amides is 3. The van der Waals surface area contributed by atoms with Crippen molar-refractivity contribution in [3.8, 4) is 0 Å². The summed E-state index contributed by atoms with van der Waals surface area (Å²) in [6.45, 7) is -0.220. The maximum absolute atomic E-state index is 14.3. The van der Waals surface area contributed by atoms with Crippen LogP contribution in [0.2, 0.25) is 5.02 Å². The molecule has 3 amide bonds. The van der Waals surface area contributed by atoms with Gasteiger partial charge in [0.25, 0.3) is 11.8 Å². The monoisotopic (exact) mass is 579 g/mol. The van der Waals surface area contributed by atoms with Crippen LogP contribution < -0.4 is 16.0 Å². The number of hydrogen-bond acceptors (Lipinski definition) is 8. The SMILES string of the molecule is Cn1ncc(CNC(=O)c2nc(NC(=O)c3nsc4ccccc34)c3n2CC(=O)N[C@H]3c2cc(F)ccc2Cl)n1. The smallest absolute Gasteiger partial charge is 0.287 e. The second kappa shape index (κ2) is 10.1. The predicted octanol–water partition coefficient (Wildman–Crippen LogP) is 2.82. The first-order valence-electron chi connectivity index (χ1n) is 11.9. The lowest BCUT2D eigenvalue weighted by Crippen LogP contribution is -2.41. The molecule has 5 aromatic rings. The van der Waals surface area contributed by atoms with E-state index in [0.29, 0.717) is 11.1 Å². The number of carbonyl (C=O) groups excluding carboxylic acids is 3. The van der Waals surface area contributed by atoms with E-state index in [2.05, 4.69) is 35.5 Å². The van der Waals surface area contributed by atoms with Crippen molar-refractivity contribution in [3.05, 3.63) is 88.0 Å². The number of nitrogens with zero attached hydrogens (tertiary/aromatic N) is 6. The second-order valence-corrected chi connectivity index (χ2v) is 10.1. The molecule has 4 heterocycles. The summed E-state index contributed by atoms with van der Waals surface area (Å²) in [4.78, 5) is 45.2. The van der Waals surface area contributed by atoms with E-state index >= 15 is 0 Å². The number of fused-ring (bicyclic) bond motifs is 2. The summed E-state index contributed by atoms with van der Waals surface area (Å²) in [5, 5.41) is 17.2. The van der Waals surface area contributed by atoms with Gasteiger partial charge in [0.05, 0.1) is 29.2 Å². The summed E-state index contributed by atoms with van der Waals surface area (Å²) in [6, 6.07) is 9.98. The maximum atomic E-state index is 14.3. The molecule has 0 fully saturated rings. The van der Waals surface area contributed by atoms with Gasteiger partial charge < -0.3 is 20.5 Å². The van der Waals surface area contributed by atoms with E-state index in [9.17, 15) is 18.8 Å². The first-order chi connectivity index (χ1) is 19.3. The number of aryl methyl sites for hydroxylation is 1. The molecule has 202 valence electrons. The molecule has 1 atom stereocenters. The third-order valence-electron chi connectivity index (χ3n) is 6.26. The van der Waals surface area contributed by atoms with Gasteiger partial charge in [-0.05, 0) is 35.8 Å². The molecule has 0 saturated carbocycles. The number of halogens is 2. The average molecular weight is 580 g/mol. The van der Waals surface area contributed by atoms with Crippen molar-refractivity contribution >= 4 is 56.8 Å².